The van der Waals surface area contributed by atoms with Gasteiger partial charge in [0.05, 0.1) is 18.3 Å². The summed E-state index contributed by atoms with van der Waals surface area (Å²) < 4.78 is 9.01. The summed E-state index contributed by atoms with van der Waals surface area (Å²) in [5.41, 5.74) is 1.11. The van der Waals surface area contributed by atoms with Crippen LogP contribution in [0.3, 0.4) is 0 Å². The molecular weight excluding hydrogens is 422 g/mol. The molecule has 10 nitrogen and oxygen atoms in total. The van der Waals surface area contributed by atoms with Gasteiger partial charge in [-0.2, -0.15) is 9.61 Å². The molecule has 0 radical (unpaired) electrons. The van der Waals surface area contributed by atoms with E-state index in [0.717, 1.165) is 38.5 Å². The van der Waals surface area contributed by atoms with E-state index >= 15 is 0 Å². The minimum atomic E-state index is -0.191. The average molecular weight is 452 g/mol. The predicted molar refractivity (Wildman–Crippen MR) is 125 cm³/mol. The van der Waals surface area contributed by atoms with Crippen LogP contribution in [0, 0.1) is 0 Å². The summed E-state index contributed by atoms with van der Waals surface area (Å²) in [6, 6.07) is 5.60. The van der Waals surface area contributed by atoms with Gasteiger partial charge < -0.3 is 25.3 Å². The fourth-order valence-electron chi connectivity index (χ4n) is 4.53. The molecule has 0 saturated heterocycles. The zero-order valence-electron chi connectivity index (χ0n) is 18.9. The first-order valence-electron chi connectivity index (χ1n) is 11.5. The van der Waals surface area contributed by atoms with Crippen molar-refractivity contribution in [2.24, 2.45) is 0 Å². The average Bonchev–Trinajstić information content (AvgIpc) is 3.54. The highest BCUT2D eigenvalue weighted by atomic mass is 16.5. The van der Waals surface area contributed by atoms with E-state index in [1.807, 2.05) is 12.3 Å². The number of nitrogens with zero attached hydrogens (tertiary/aromatic N) is 4. The van der Waals surface area contributed by atoms with Gasteiger partial charge in [-0.3, -0.25) is 9.59 Å². The molecule has 2 aliphatic rings. The van der Waals surface area contributed by atoms with E-state index in [0.29, 0.717) is 28.5 Å². The SMILES string of the molecule is CNc1cc(Nc2cccn([C@@H]3CCCC[C@@H]3OC)c2=O)nc2c(C(=O)NC3CC3)cnn12. The van der Waals surface area contributed by atoms with Crippen LogP contribution in [-0.2, 0) is 4.74 Å². The van der Waals surface area contributed by atoms with Gasteiger partial charge in [0.15, 0.2) is 5.65 Å². The lowest BCUT2D eigenvalue weighted by molar-refractivity contribution is 0.0278. The molecule has 0 spiro atoms. The van der Waals surface area contributed by atoms with Gasteiger partial charge in [-0.25, -0.2) is 4.98 Å². The number of hydrogen-bond acceptors (Lipinski definition) is 7. The van der Waals surface area contributed by atoms with Gasteiger partial charge in [0.1, 0.15) is 22.9 Å². The van der Waals surface area contributed by atoms with Crippen molar-refractivity contribution in [3.05, 3.63) is 46.5 Å². The Bertz CT molecular complexity index is 1230. The second-order valence-corrected chi connectivity index (χ2v) is 8.70. The first-order valence-corrected chi connectivity index (χ1v) is 11.5. The Morgan fingerprint density at radius 2 is 2.03 bits per heavy atom. The Hall–Kier alpha value is -3.40. The minimum Gasteiger partial charge on any atom is -0.379 e. The van der Waals surface area contributed by atoms with Crippen LogP contribution < -0.4 is 21.5 Å². The first-order chi connectivity index (χ1) is 16.1. The summed E-state index contributed by atoms with van der Waals surface area (Å²) in [4.78, 5) is 30.6. The fraction of sp³-hybridized carbons (Fsp3) is 0.478. The molecule has 2 fully saturated rings. The Morgan fingerprint density at radius 3 is 2.79 bits per heavy atom. The second kappa shape index (κ2) is 8.86. The number of rotatable bonds is 7. The maximum absolute atomic E-state index is 13.3. The van der Waals surface area contributed by atoms with Crippen molar-refractivity contribution < 1.29 is 9.53 Å². The number of anilines is 3. The number of carbonyl (C=O) groups excluding carboxylic acids is 1. The molecule has 0 aliphatic heterocycles. The molecule has 2 aliphatic carbocycles. The van der Waals surface area contributed by atoms with Gasteiger partial charge in [-0.1, -0.05) is 12.8 Å². The summed E-state index contributed by atoms with van der Waals surface area (Å²) in [7, 11) is 3.48. The van der Waals surface area contributed by atoms with Crippen molar-refractivity contribution in [1.82, 2.24) is 24.5 Å². The number of carbonyl (C=O) groups is 1. The largest absolute Gasteiger partial charge is 0.379 e. The Labute approximate surface area is 191 Å². The zero-order chi connectivity index (χ0) is 22.9. The number of ether oxygens (including phenoxy) is 1. The van der Waals surface area contributed by atoms with E-state index < -0.39 is 0 Å². The second-order valence-electron chi connectivity index (χ2n) is 8.70. The van der Waals surface area contributed by atoms with E-state index in [-0.39, 0.29) is 29.7 Å². The number of amides is 1. The van der Waals surface area contributed by atoms with E-state index in [1.165, 1.54) is 6.20 Å². The lowest BCUT2D eigenvalue weighted by Gasteiger charge is -2.32. The van der Waals surface area contributed by atoms with Crippen molar-refractivity contribution in [2.75, 3.05) is 24.8 Å². The third kappa shape index (κ3) is 4.18. The van der Waals surface area contributed by atoms with Crippen molar-refractivity contribution in [3.8, 4) is 0 Å². The van der Waals surface area contributed by atoms with Crippen LogP contribution in [0.1, 0.15) is 54.9 Å². The highest BCUT2D eigenvalue weighted by Gasteiger charge is 2.28. The zero-order valence-corrected chi connectivity index (χ0v) is 18.9. The number of nitrogens with one attached hydrogen (secondary N) is 3. The van der Waals surface area contributed by atoms with Crippen LogP contribution in [0.15, 0.2) is 35.4 Å². The van der Waals surface area contributed by atoms with Crippen molar-refractivity contribution in [1.29, 1.82) is 0 Å². The molecule has 10 heteroatoms. The van der Waals surface area contributed by atoms with E-state index in [4.69, 9.17) is 4.74 Å². The van der Waals surface area contributed by atoms with Crippen molar-refractivity contribution in [2.45, 2.75) is 56.7 Å². The Morgan fingerprint density at radius 1 is 1.21 bits per heavy atom. The molecule has 0 aromatic carbocycles. The van der Waals surface area contributed by atoms with E-state index in [1.54, 1.807) is 35.4 Å². The quantitative estimate of drug-likeness (QED) is 0.506. The summed E-state index contributed by atoms with van der Waals surface area (Å²) in [6.07, 6.45) is 9.41. The Balaban J connectivity index is 1.49. The lowest BCUT2D eigenvalue weighted by atomic mass is 9.92. The number of pyridine rings is 1. The van der Waals surface area contributed by atoms with E-state index in [9.17, 15) is 9.59 Å². The highest BCUT2D eigenvalue weighted by molar-refractivity contribution is 6.00. The third-order valence-corrected chi connectivity index (χ3v) is 6.45. The van der Waals surface area contributed by atoms with Crippen molar-refractivity contribution >= 4 is 28.9 Å². The summed E-state index contributed by atoms with van der Waals surface area (Å²) in [6.45, 7) is 0. The molecule has 5 rings (SSSR count). The van der Waals surface area contributed by atoms with Crippen LogP contribution in [0.5, 0.6) is 0 Å². The number of hydrogen-bond donors (Lipinski definition) is 3. The molecule has 3 aromatic heterocycles. The van der Waals surface area contributed by atoms with Gasteiger partial charge in [-0.05, 0) is 37.8 Å². The summed E-state index contributed by atoms with van der Waals surface area (Å²) in [5, 5.41) is 13.5. The van der Waals surface area contributed by atoms with Gasteiger partial charge in [0.2, 0.25) is 0 Å². The maximum Gasteiger partial charge on any atom is 0.274 e. The minimum absolute atomic E-state index is 0.00820. The topological polar surface area (TPSA) is 115 Å². The molecular formula is C23H29N7O3. The smallest absolute Gasteiger partial charge is 0.274 e. The Kier molecular flexibility index (Phi) is 5.76. The number of fused-ring (bicyclic) bond motifs is 1. The number of methoxy groups -OCH3 is 1. The highest BCUT2D eigenvalue weighted by Crippen LogP contribution is 2.30. The first kappa shape index (κ1) is 21.4. The molecule has 3 aromatic rings. The molecule has 3 N–H and O–H groups in total. The lowest BCUT2D eigenvalue weighted by Crippen LogP contribution is -2.36. The van der Waals surface area contributed by atoms with E-state index in [2.05, 4.69) is 26.0 Å². The molecule has 33 heavy (non-hydrogen) atoms. The van der Waals surface area contributed by atoms with Crippen LogP contribution >= 0.6 is 0 Å². The number of aromatic nitrogens is 4. The van der Waals surface area contributed by atoms with Gasteiger partial charge >= 0.3 is 0 Å². The molecule has 1 amide bonds. The fourth-order valence-corrected chi connectivity index (χ4v) is 4.53. The molecule has 3 heterocycles. The van der Waals surface area contributed by atoms with Gasteiger partial charge in [-0.15, -0.1) is 0 Å². The van der Waals surface area contributed by atoms with Crippen molar-refractivity contribution in [3.63, 3.8) is 0 Å². The van der Waals surface area contributed by atoms with Crippen LogP contribution in [-0.4, -0.2) is 51.4 Å². The molecule has 174 valence electrons. The molecule has 0 unspecified atom stereocenters. The molecule has 0 bridgehead atoms. The van der Waals surface area contributed by atoms with Crippen LogP contribution in [0.25, 0.3) is 5.65 Å². The maximum atomic E-state index is 13.3. The summed E-state index contributed by atoms with van der Waals surface area (Å²) in [5.74, 6) is 0.912. The van der Waals surface area contributed by atoms with Gasteiger partial charge in [0, 0.05) is 32.5 Å². The molecule has 2 saturated carbocycles. The normalized spacial score (nSPS) is 20.5. The predicted octanol–water partition coefficient (Wildman–Crippen LogP) is 2.70. The monoisotopic (exact) mass is 451 g/mol. The third-order valence-electron chi connectivity index (χ3n) is 6.45. The van der Waals surface area contributed by atoms with Crippen LogP contribution in [0.4, 0.5) is 17.3 Å². The van der Waals surface area contributed by atoms with Crippen LogP contribution in [0.2, 0.25) is 0 Å². The standard InChI is InChI=1S/C23H29N7O3/c1-24-20-12-19(28-21-15(13-25-30(20)21)22(31)26-14-9-10-14)27-16-6-5-11-29(23(16)32)17-7-3-4-8-18(17)33-2/h5-6,11-14,17-18,24H,3-4,7-10H2,1-2H3,(H,26,31)(H,27,28)/t17-,18+/m1/s1. The molecule has 2 atom stereocenters. The van der Waals surface area contributed by atoms with Gasteiger partial charge in [0.25, 0.3) is 11.5 Å². The summed E-state index contributed by atoms with van der Waals surface area (Å²) >= 11 is 0.